The Balaban J connectivity index is 1.91. The Morgan fingerprint density at radius 1 is 1.07 bits per heavy atom. The Bertz CT molecular complexity index is 838. The van der Waals surface area contributed by atoms with E-state index in [1.807, 2.05) is 0 Å². The number of para-hydroxylation sites is 1. The maximum absolute atomic E-state index is 12.4. The molecule has 1 unspecified atom stereocenters. The Labute approximate surface area is 160 Å². The molecular formula is C19H24N2O5S. The number of amides is 1. The number of benzene rings is 2. The molecule has 0 spiro atoms. The minimum atomic E-state index is -3.61. The second kappa shape index (κ2) is 9.27. The van der Waals surface area contributed by atoms with E-state index in [1.54, 1.807) is 68.6 Å². The van der Waals surface area contributed by atoms with E-state index in [0.29, 0.717) is 11.4 Å². The second-order valence-corrected chi connectivity index (χ2v) is 7.74. The van der Waals surface area contributed by atoms with Crippen LogP contribution in [0.2, 0.25) is 0 Å². The van der Waals surface area contributed by atoms with Gasteiger partial charge in [-0.2, -0.15) is 0 Å². The first kappa shape index (κ1) is 20.6. The smallest absolute Gasteiger partial charge is 0.243 e. The van der Waals surface area contributed by atoms with Crippen LogP contribution >= 0.6 is 0 Å². The molecule has 2 rings (SSSR count). The van der Waals surface area contributed by atoms with Crippen LogP contribution in [0.3, 0.4) is 0 Å². The fraction of sp³-hybridized carbons (Fsp3) is 0.316. The zero-order valence-electron chi connectivity index (χ0n) is 15.6. The number of hydrogen-bond acceptors (Lipinski definition) is 5. The standard InChI is InChI=1S/C19H24N2O5S/c1-15(21(27(3,23)24)16-7-5-4-6-8-16)19(22)20-13-14-26-18-11-9-17(25-2)10-12-18/h4-12,15H,13-14H2,1-3H3,(H,20,22). The summed E-state index contributed by atoms with van der Waals surface area (Å²) in [6.45, 7) is 2.06. The molecule has 7 nitrogen and oxygen atoms in total. The summed E-state index contributed by atoms with van der Waals surface area (Å²) in [4.78, 5) is 12.4. The summed E-state index contributed by atoms with van der Waals surface area (Å²) in [5, 5.41) is 2.70. The van der Waals surface area contributed by atoms with Crippen molar-refractivity contribution in [3.8, 4) is 11.5 Å². The number of nitrogens with one attached hydrogen (secondary N) is 1. The lowest BCUT2D eigenvalue weighted by atomic mass is 10.2. The van der Waals surface area contributed by atoms with Crippen molar-refractivity contribution in [3.63, 3.8) is 0 Å². The molecule has 1 amide bonds. The molecule has 0 bridgehead atoms. The van der Waals surface area contributed by atoms with Crippen molar-refractivity contribution < 1.29 is 22.7 Å². The van der Waals surface area contributed by atoms with Crippen molar-refractivity contribution in [1.82, 2.24) is 5.32 Å². The van der Waals surface area contributed by atoms with Crippen molar-refractivity contribution >= 4 is 21.6 Å². The molecule has 0 aliphatic rings. The zero-order valence-corrected chi connectivity index (χ0v) is 16.4. The molecule has 0 heterocycles. The van der Waals surface area contributed by atoms with Crippen molar-refractivity contribution in [1.29, 1.82) is 0 Å². The number of anilines is 1. The van der Waals surface area contributed by atoms with E-state index in [9.17, 15) is 13.2 Å². The number of sulfonamides is 1. The first-order chi connectivity index (χ1) is 12.8. The molecule has 2 aromatic rings. The van der Waals surface area contributed by atoms with Crippen LogP contribution in [0.1, 0.15) is 6.92 Å². The number of rotatable bonds is 9. The number of carbonyl (C=O) groups is 1. The molecule has 146 valence electrons. The van der Waals surface area contributed by atoms with Gasteiger partial charge in [-0.3, -0.25) is 9.10 Å². The quantitative estimate of drug-likeness (QED) is 0.660. The molecule has 0 aliphatic heterocycles. The monoisotopic (exact) mass is 392 g/mol. The molecule has 1 atom stereocenters. The molecule has 0 aliphatic carbocycles. The topological polar surface area (TPSA) is 84.9 Å². The van der Waals surface area contributed by atoms with Gasteiger partial charge in [-0.25, -0.2) is 8.42 Å². The molecule has 0 saturated heterocycles. The van der Waals surface area contributed by atoms with E-state index in [2.05, 4.69) is 5.32 Å². The van der Waals surface area contributed by atoms with E-state index in [1.165, 1.54) is 0 Å². The molecule has 1 N–H and O–H groups in total. The summed E-state index contributed by atoms with van der Waals surface area (Å²) in [6, 6.07) is 14.7. The lowest BCUT2D eigenvalue weighted by Crippen LogP contribution is -2.48. The number of methoxy groups -OCH3 is 1. The molecular weight excluding hydrogens is 368 g/mol. The zero-order chi connectivity index (χ0) is 19.9. The average molecular weight is 392 g/mol. The molecule has 0 saturated carbocycles. The van der Waals surface area contributed by atoms with Gasteiger partial charge in [-0.15, -0.1) is 0 Å². The third-order valence-electron chi connectivity index (χ3n) is 3.83. The van der Waals surface area contributed by atoms with Crippen LogP contribution in [0.4, 0.5) is 5.69 Å². The highest BCUT2D eigenvalue weighted by molar-refractivity contribution is 7.92. The minimum Gasteiger partial charge on any atom is -0.497 e. The lowest BCUT2D eigenvalue weighted by molar-refractivity contribution is -0.121. The normalized spacial score (nSPS) is 12.1. The van der Waals surface area contributed by atoms with Gasteiger partial charge in [0.25, 0.3) is 0 Å². The Hall–Kier alpha value is -2.74. The largest absolute Gasteiger partial charge is 0.497 e. The first-order valence-corrected chi connectivity index (χ1v) is 10.3. The minimum absolute atomic E-state index is 0.252. The highest BCUT2D eigenvalue weighted by Gasteiger charge is 2.28. The van der Waals surface area contributed by atoms with Crippen LogP contribution in [-0.2, 0) is 14.8 Å². The van der Waals surface area contributed by atoms with Crippen LogP contribution < -0.4 is 19.1 Å². The third kappa shape index (κ3) is 5.89. The van der Waals surface area contributed by atoms with Crippen molar-refractivity contribution in [3.05, 3.63) is 54.6 Å². The fourth-order valence-corrected chi connectivity index (χ4v) is 3.72. The molecule has 2 aromatic carbocycles. The maximum Gasteiger partial charge on any atom is 0.243 e. The fourth-order valence-electron chi connectivity index (χ4n) is 2.55. The SMILES string of the molecule is COc1ccc(OCCNC(=O)C(C)N(c2ccccc2)S(C)(=O)=O)cc1. The summed E-state index contributed by atoms with van der Waals surface area (Å²) in [6.07, 6.45) is 1.08. The second-order valence-electron chi connectivity index (χ2n) is 5.89. The highest BCUT2D eigenvalue weighted by atomic mass is 32.2. The van der Waals surface area contributed by atoms with Gasteiger partial charge < -0.3 is 14.8 Å². The van der Waals surface area contributed by atoms with E-state index in [4.69, 9.17) is 9.47 Å². The van der Waals surface area contributed by atoms with Gasteiger partial charge >= 0.3 is 0 Å². The number of ether oxygens (including phenoxy) is 2. The van der Waals surface area contributed by atoms with Crippen molar-refractivity contribution in [2.45, 2.75) is 13.0 Å². The highest BCUT2D eigenvalue weighted by Crippen LogP contribution is 2.20. The van der Waals surface area contributed by atoms with E-state index >= 15 is 0 Å². The van der Waals surface area contributed by atoms with Crippen LogP contribution in [0.5, 0.6) is 11.5 Å². The lowest BCUT2D eigenvalue weighted by Gasteiger charge is -2.28. The van der Waals surface area contributed by atoms with Crippen LogP contribution in [0.15, 0.2) is 54.6 Å². The Kier molecular flexibility index (Phi) is 7.06. The molecule has 8 heteroatoms. The third-order valence-corrected chi connectivity index (χ3v) is 5.07. The maximum atomic E-state index is 12.4. The average Bonchev–Trinajstić information content (AvgIpc) is 2.65. The molecule has 0 radical (unpaired) electrons. The molecule has 27 heavy (non-hydrogen) atoms. The summed E-state index contributed by atoms with van der Waals surface area (Å²) in [5.74, 6) is 0.981. The Morgan fingerprint density at radius 3 is 2.22 bits per heavy atom. The number of hydrogen-bond donors (Lipinski definition) is 1. The number of nitrogens with zero attached hydrogens (tertiary/aromatic N) is 1. The van der Waals surface area contributed by atoms with Crippen LogP contribution in [0.25, 0.3) is 0 Å². The summed E-state index contributed by atoms with van der Waals surface area (Å²) >= 11 is 0. The summed E-state index contributed by atoms with van der Waals surface area (Å²) in [7, 11) is -2.03. The van der Waals surface area contributed by atoms with E-state index < -0.39 is 22.0 Å². The van der Waals surface area contributed by atoms with E-state index in [0.717, 1.165) is 16.3 Å². The van der Waals surface area contributed by atoms with Crippen LogP contribution in [-0.4, -0.2) is 46.9 Å². The van der Waals surface area contributed by atoms with E-state index in [-0.39, 0.29) is 13.2 Å². The molecule has 0 aromatic heterocycles. The Morgan fingerprint density at radius 2 is 1.67 bits per heavy atom. The first-order valence-electron chi connectivity index (χ1n) is 8.42. The van der Waals surface area contributed by atoms with Gasteiger partial charge in [0, 0.05) is 0 Å². The van der Waals surface area contributed by atoms with Gasteiger partial charge in [0.2, 0.25) is 15.9 Å². The number of carbonyl (C=O) groups excluding carboxylic acids is 1. The van der Waals surface area contributed by atoms with Gasteiger partial charge in [0.1, 0.15) is 24.1 Å². The molecule has 0 fully saturated rings. The summed E-state index contributed by atoms with van der Waals surface area (Å²) in [5.41, 5.74) is 0.442. The van der Waals surface area contributed by atoms with Gasteiger partial charge in [-0.1, -0.05) is 18.2 Å². The van der Waals surface area contributed by atoms with Crippen molar-refractivity contribution in [2.24, 2.45) is 0 Å². The van der Waals surface area contributed by atoms with Crippen molar-refractivity contribution in [2.75, 3.05) is 30.8 Å². The van der Waals surface area contributed by atoms with Gasteiger partial charge in [-0.05, 0) is 43.3 Å². The predicted molar refractivity (Wildman–Crippen MR) is 105 cm³/mol. The predicted octanol–water partition coefficient (Wildman–Crippen LogP) is 2.04. The van der Waals surface area contributed by atoms with Crippen LogP contribution in [0, 0.1) is 0 Å². The van der Waals surface area contributed by atoms with Gasteiger partial charge in [0.05, 0.1) is 25.6 Å². The summed E-state index contributed by atoms with van der Waals surface area (Å²) < 4.78 is 36.0. The van der Waals surface area contributed by atoms with Gasteiger partial charge in [0.15, 0.2) is 0 Å².